The summed E-state index contributed by atoms with van der Waals surface area (Å²) >= 11 is 0. The van der Waals surface area contributed by atoms with Gasteiger partial charge < -0.3 is 4.90 Å². The van der Waals surface area contributed by atoms with Crippen LogP contribution in [0.25, 0.3) is 12.2 Å². The fourth-order valence-corrected chi connectivity index (χ4v) is 1.54. The first-order valence-corrected chi connectivity index (χ1v) is 5.62. The minimum atomic E-state index is 0.976. The Morgan fingerprint density at radius 2 is 1.71 bits per heavy atom. The molecule has 2 aromatic rings. The highest BCUT2D eigenvalue weighted by atomic mass is 15.1. The van der Waals surface area contributed by atoms with Crippen LogP contribution in [0.4, 0.5) is 5.69 Å². The van der Waals surface area contributed by atoms with Crippen LogP contribution in [-0.4, -0.2) is 19.1 Å². The van der Waals surface area contributed by atoms with E-state index in [4.69, 9.17) is 0 Å². The fraction of sp³-hybridized carbons (Fsp3) is 0.133. The molecule has 0 radical (unpaired) electrons. The van der Waals surface area contributed by atoms with Crippen molar-refractivity contribution in [2.75, 3.05) is 19.0 Å². The van der Waals surface area contributed by atoms with Gasteiger partial charge in [0.1, 0.15) is 0 Å². The Balaban J connectivity index is 2.12. The largest absolute Gasteiger partial charge is 0.378 e. The highest BCUT2D eigenvalue weighted by Crippen LogP contribution is 2.13. The van der Waals surface area contributed by atoms with E-state index in [0.29, 0.717) is 0 Å². The van der Waals surface area contributed by atoms with Crippen molar-refractivity contribution >= 4 is 17.8 Å². The van der Waals surface area contributed by atoms with Crippen molar-refractivity contribution in [3.8, 4) is 0 Å². The molecule has 0 aliphatic carbocycles. The van der Waals surface area contributed by atoms with Crippen LogP contribution < -0.4 is 4.90 Å². The molecule has 0 spiro atoms. The molecule has 0 N–H and O–H groups in total. The molecule has 1 heterocycles. The van der Waals surface area contributed by atoms with Crippen LogP contribution in [0.1, 0.15) is 11.3 Å². The highest BCUT2D eigenvalue weighted by molar-refractivity contribution is 5.68. The Labute approximate surface area is 102 Å². The number of aromatic nitrogens is 1. The summed E-state index contributed by atoms with van der Waals surface area (Å²) in [6.07, 6.45) is 5.89. The lowest BCUT2D eigenvalue weighted by Gasteiger charge is -2.11. The number of hydrogen-bond acceptors (Lipinski definition) is 2. The van der Waals surface area contributed by atoms with Gasteiger partial charge >= 0.3 is 0 Å². The average molecular weight is 224 g/mol. The zero-order valence-corrected chi connectivity index (χ0v) is 10.2. The third-order valence-corrected chi connectivity index (χ3v) is 2.54. The predicted molar refractivity (Wildman–Crippen MR) is 73.9 cm³/mol. The molecule has 2 heteroatoms. The molecule has 0 aliphatic heterocycles. The second-order valence-corrected chi connectivity index (χ2v) is 4.07. The third kappa shape index (κ3) is 3.18. The van der Waals surface area contributed by atoms with E-state index in [-0.39, 0.29) is 0 Å². The van der Waals surface area contributed by atoms with E-state index < -0.39 is 0 Å². The molecule has 0 bridgehead atoms. The second kappa shape index (κ2) is 5.30. The lowest BCUT2D eigenvalue weighted by molar-refractivity contribution is 1.13. The lowest BCUT2D eigenvalue weighted by Crippen LogP contribution is -2.07. The van der Waals surface area contributed by atoms with Crippen molar-refractivity contribution < 1.29 is 0 Å². The summed E-state index contributed by atoms with van der Waals surface area (Å²) in [5.74, 6) is 0. The van der Waals surface area contributed by atoms with Crippen LogP contribution in [0, 0.1) is 0 Å². The molecule has 0 fully saturated rings. The minimum absolute atomic E-state index is 0.976. The molecule has 0 atom stereocenters. The van der Waals surface area contributed by atoms with Crippen LogP contribution >= 0.6 is 0 Å². The Morgan fingerprint density at radius 1 is 0.941 bits per heavy atom. The monoisotopic (exact) mass is 224 g/mol. The van der Waals surface area contributed by atoms with E-state index >= 15 is 0 Å². The molecule has 0 unspecified atom stereocenters. The molecule has 1 aromatic heterocycles. The van der Waals surface area contributed by atoms with Crippen molar-refractivity contribution in [2.24, 2.45) is 0 Å². The van der Waals surface area contributed by atoms with Crippen LogP contribution in [0.3, 0.4) is 0 Å². The van der Waals surface area contributed by atoms with Gasteiger partial charge in [-0.1, -0.05) is 24.3 Å². The lowest BCUT2D eigenvalue weighted by atomic mass is 10.1. The zero-order chi connectivity index (χ0) is 12.1. The summed E-state index contributed by atoms with van der Waals surface area (Å²) in [4.78, 5) is 6.33. The SMILES string of the molecule is CN(C)c1ccc(/C=C\c2ccccn2)cc1. The van der Waals surface area contributed by atoms with E-state index in [2.05, 4.69) is 40.2 Å². The van der Waals surface area contributed by atoms with Crippen LogP contribution in [-0.2, 0) is 0 Å². The number of nitrogens with zero attached hydrogens (tertiary/aromatic N) is 2. The maximum Gasteiger partial charge on any atom is 0.0629 e. The van der Waals surface area contributed by atoms with Gasteiger partial charge in [-0.15, -0.1) is 0 Å². The summed E-state index contributed by atoms with van der Waals surface area (Å²) in [7, 11) is 4.08. The van der Waals surface area contributed by atoms with Gasteiger partial charge in [0.05, 0.1) is 5.69 Å². The number of rotatable bonds is 3. The Morgan fingerprint density at radius 3 is 2.29 bits per heavy atom. The summed E-state index contributed by atoms with van der Waals surface area (Å²) in [6.45, 7) is 0. The Bertz CT molecular complexity index is 484. The second-order valence-electron chi connectivity index (χ2n) is 4.07. The molecule has 1 aromatic carbocycles. The molecule has 0 aliphatic rings. The van der Waals surface area contributed by atoms with Gasteiger partial charge in [-0.2, -0.15) is 0 Å². The summed E-state index contributed by atoms with van der Waals surface area (Å²) in [6, 6.07) is 14.3. The van der Waals surface area contributed by atoms with Crippen LogP contribution in [0.5, 0.6) is 0 Å². The third-order valence-electron chi connectivity index (χ3n) is 2.54. The van der Waals surface area contributed by atoms with Gasteiger partial charge in [0.2, 0.25) is 0 Å². The molecule has 86 valence electrons. The summed E-state index contributed by atoms with van der Waals surface area (Å²) in [5, 5.41) is 0. The van der Waals surface area contributed by atoms with Gasteiger partial charge in [-0.05, 0) is 35.9 Å². The maximum absolute atomic E-state index is 4.24. The predicted octanol–water partition coefficient (Wildman–Crippen LogP) is 3.32. The van der Waals surface area contributed by atoms with E-state index in [1.165, 1.54) is 11.3 Å². The topological polar surface area (TPSA) is 16.1 Å². The molecular weight excluding hydrogens is 208 g/mol. The van der Waals surface area contributed by atoms with Crippen molar-refractivity contribution in [2.45, 2.75) is 0 Å². The van der Waals surface area contributed by atoms with E-state index in [0.717, 1.165) is 5.69 Å². The van der Waals surface area contributed by atoms with Gasteiger partial charge in [0, 0.05) is 26.0 Å². The number of benzene rings is 1. The van der Waals surface area contributed by atoms with Crippen molar-refractivity contribution in [1.29, 1.82) is 0 Å². The van der Waals surface area contributed by atoms with Crippen molar-refractivity contribution in [3.05, 3.63) is 59.9 Å². The van der Waals surface area contributed by atoms with Crippen molar-refractivity contribution in [3.63, 3.8) is 0 Å². The molecule has 0 saturated heterocycles. The standard InChI is InChI=1S/C15H16N2/c1-17(2)15-10-7-13(8-11-15)6-9-14-5-3-4-12-16-14/h3-12H,1-2H3/b9-6-. The first-order valence-electron chi connectivity index (χ1n) is 5.62. The van der Waals surface area contributed by atoms with Crippen LogP contribution in [0.2, 0.25) is 0 Å². The molecular formula is C15H16N2. The minimum Gasteiger partial charge on any atom is -0.378 e. The van der Waals surface area contributed by atoms with E-state index in [1.807, 2.05) is 38.4 Å². The smallest absolute Gasteiger partial charge is 0.0629 e. The van der Waals surface area contributed by atoms with Gasteiger partial charge in [-0.3, -0.25) is 4.98 Å². The summed E-state index contributed by atoms with van der Waals surface area (Å²) < 4.78 is 0. The molecule has 0 saturated carbocycles. The van der Waals surface area contributed by atoms with Gasteiger partial charge in [-0.25, -0.2) is 0 Å². The molecule has 2 rings (SSSR count). The number of pyridine rings is 1. The number of hydrogen-bond donors (Lipinski definition) is 0. The molecule has 17 heavy (non-hydrogen) atoms. The normalized spacial score (nSPS) is 10.7. The first-order chi connectivity index (χ1) is 8.25. The fourth-order valence-electron chi connectivity index (χ4n) is 1.54. The van der Waals surface area contributed by atoms with Gasteiger partial charge in [0.25, 0.3) is 0 Å². The number of anilines is 1. The van der Waals surface area contributed by atoms with Crippen LogP contribution in [0.15, 0.2) is 48.7 Å². The maximum atomic E-state index is 4.24. The zero-order valence-electron chi connectivity index (χ0n) is 10.2. The Hall–Kier alpha value is -2.09. The van der Waals surface area contributed by atoms with Crippen molar-refractivity contribution in [1.82, 2.24) is 4.98 Å². The average Bonchev–Trinajstić information content (AvgIpc) is 2.38. The van der Waals surface area contributed by atoms with E-state index in [1.54, 1.807) is 6.20 Å². The van der Waals surface area contributed by atoms with E-state index in [9.17, 15) is 0 Å². The quantitative estimate of drug-likeness (QED) is 0.795. The van der Waals surface area contributed by atoms with Gasteiger partial charge in [0.15, 0.2) is 0 Å². The highest BCUT2D eigenvalue weighted by Gasteiger charge is 1.93. The molecule has 2 nitrogen and oxygen atoms in total. The molecule has 0 amide bonds. The summed E-state index contributed by atoms with van der Waals surface area (Å²) in [5.41, 5.74) is 3.37. The Kier molecular flexibility index (Phi) is 3.55. The first kappa shape index (κ1) is 11.4.